The second-order valence-electron chi connectivity index (χ2n) is 15.3. The molecule has 12 rings (SSSR count). The van der Waals surface area contributed by atoms with E-state index in [1.54, 1.807) is 0 Å². The summed E-state index contributed by atoms with van der Waals surface area (Å²) in [4.78, 5) is 2.35. The van der Waals surface area contributed by atoms with Crippen molar-refractivity contribution < 1.29 is 8.83 Å². The molecule has 276 valence electrons. The summed E-state index contributed by atoms with van der Waals surface area (Å²) in [5.74, 6) is 0. The molecule has 3 heteroatoms. The Kier molecular flexibility index (Phi) is 7.54. The van der Waals surface area contributed by atoms with Gasteiger partial charge in [-0.2, -0.15) is 0 Å². The number of nitrogens with zero attached hydrogens (tertiary/aromatic N) is 1. The van der Waals surface area contributed by atoms with E-state index < -0.39 is 0 Å². The third-order valence-corrected chi connectivity index (χ3v) is 11.8. The maximum absolute atomic E-state index is 6.54. The minimum Gasteiger partial charge on any atom is -0.456 e. The van der Waals surface area contributed by atoms with Crippen molar-refractivity contribution in [2.75, 3.05) is 4.90 Å². The van der Waals surface area contributed by atoms with Gasteiger partial charge in [-0.15, -0.1) is 0 Å². The lowest BCUT2D eigenvalue weighted by Crippen LogP contribution is -2.10. The zero-order valence-electron chi connectivity index (χ0n) is 32.0. The number of fused-ring (bicyclic) bond motifs is 9. The lowest BCUT2D eigenvalue weighted by atomic mass is 9.97. The molecular formula is C56H35NO2. The van der Waals surface area contributed by atoms with E-state index in [0.717, 1.165) is 94.1 Å². The Morgan fingerprint density at radius 1 is 0.288 bits per heavy atom. The van der Waals surface area contributed by atoms with E-state index in [1.165, 1.54) is 21.7 Å². The SMILES string of the molecule is c1cc(-c2ccc3ccccc3c2)cc(N(c2ccc(-c3ccc4c(c3)oc3ccccc34)cc2)c2ccc(-c3cccc4oc5c6ccccc6ccc5c34)cc2)c1. The maximum atomic E-state index is 6.54. The van der Waals surface area contributed by atoms with Crippen LogP contribution in [-0.2, 0) is 0 Å². The molecule has 0 spiro atoms. The molecule has 3 nitrogen and oxygen atoms in total. The first-order valence-electron chi connectivity index (χ1n) is 20.1. The molecule has 0 amide bonds. The van der Waals surface area contributed by atoms with Gasteiger partial charge in [-0.25, -0.2) is 0 Å². The number of rotatable bonds is 6. The Hall–Kier alpha value is -7.88. The van der Waals surface area contributed by atoms with E-state index in [1.807, 2.05) is 12.1 Å². The van der Waals surface area contributed by atoms with Gasteiger partial charge in [-0.1, -0.05) is 140 Å². The number of hydrogen-bond donors (Lipinski definition) is 0. The van der Waals surface area contributed by atoms with Gasteiger partial charge in [0, 0.05) is 44.0 Å². The van der Waals surface area contributed by atoms with Gasteiger partial charge in [0.05, 0.1) is 0 Å². The van der Waals surface area contributed by atoms with E-state index in [2.05, 4.69) is 205 Å². The third kappa shape index (κ3) is 5.59. The molecule has 0 saturated carbocycles. The number of anilines is 3. The van der Waals surface area contributed by atoms with Crippen LogP contribution >= 0.6 is 0 Å². The maximum Gasteiger partial charge on any atom is 0.143 e. The summed E-state index contributed by atoms with van der Waals surface area (Å²) < 4.78 is 12.8. The van der Waals surface area contributed by atoms with Gasteiger partial charge in [0.15, 0.2) is 0 Å². The highest BCUT2D eigenvalue weighted by Gasteiger charge is 2.18. The van der Waals surface area contributed by atoms with Crippen molar-refractivity contribution in [1.29, 1.82) is 0 Å². The molecule has 0 aliphatic heterocycles. The summed E-state index contributed by atoms with van der Waals surface area (Å²) in [5, 5.41) is 9.31. The number of benzene rings is 10. The molecule has 0 N–H and O–H groups in total. The molecule has 0 bridgehead atoms. The molecule has 0 saturated heterocycles. The highest BCUT2D eigenvalue weighted by atomic mass is 16.3. The minimum absolute atomic E-state index is 0.893. The fourth-order valence-corrected chi connectivity index (χ4v) is 8.93. The highest BCUT2D eigenvalue weighted by molar-refractivity contribution is 6.19. The molecule has 59 heavy (non-hydrogen) atoms. The van der Waals surface area contributed by atoms with Gasteiger partial charge in [0.25, 0.3) is 0 Å². The number of furan rings is 2. The van der Waals surface area contributed by atoms with Crippen LogP contribution in [0.5, 0.6) is 0 Å². The first kappa shape index (κ1) is 33.3. The molecule has 10 aromatic carbocycles. The molecule has 2 heterocycles. The van der Waals surface area contributed by atoms with Gasteiger partial charge in [-0.3, -0.25) is 0 Å². The van der Waals surface area contributed by atoms with E-state index >= 15 is 0 Å². The normalized spacial score (nSPS) is 11.7. The van der Waals surface area contributed by atoms with Crippen LogP contribution in [0, 0.1) is 0 Å². The van der Waals surface area contributed by atoms with Gasteiger partial charge in [-0.05, 0) is 122 Å². The second-order valence-corrected chi connectivity index (χ2v) is 15.3. The monoisotopic (exact) mass is 753 g/mol. The zero-order chi connectivity index (χ0) is 38.9. The minimum atomic E-state index is 0.893. The fraction of sp³-hybridized carbons (Fsp3) is 0. The number of hydrogen-bond acceptors (Lipinski definition) is 3. The molecule has 0 aliphatic carbocycles. The van der Waals surface area contributed by atoms with Crippen molar-refractivity contribution in [2.24, 2.45) is 0 Å². The molecule has 0 unspecified atom stereocenters. The van der Waals surface area contributed by atoms with Gasteiger partial charge in [0.2, 0.25) is 0 Å². The van der Waals surface area contributed by atoms with Crippen LogP contribution in [-0.4, -0.2) is 0 Å². The van der Waals surface area contributed by atoms with Crippen molar-refractivity contribution in [1.82, 2.24) is 0 Å². The van der Waals surface area contributed by atoms with Crippen LogP contribution < -0.4 is 4.90 Å². The van der Waals surface area contributed by atoms with Crippen LogP contribution in [0.25, 0.3) is 98.8 Å². The Balaban J connectivity index is 0.959. The standard InChI is InChI=1S/C56H35NO2/c1-2-11-40-33-42(20-19-36(40)9-1)41-12-7-13-46(34-41)57(44-27-21-37(22-28-44)43-26-31-50-49-15-5-6-17-52(49)58-54(50)35-43)45-29-23-39(24-30-45)47-16-8-18-53-55(47)51-32-25-38-10-3-4-14-48(38)56(51)59-53/h1-35H. The predicted molar refractivity (Wildman–Crippen MR) is 247 cm³/mol. The van der Waals surface area contributed by atoms with E-state index in [9.17, 15) is 0 Å². The molecule has 12 aromatic rings. The van der Waals surface area contributed by atoms with Crippen molar-refractivity contribution in [3.8, 4) is 33.4 Å². The Morgan fingerprint density at radius 2 is 0.881 bits per heavy atom. The second kappa shape index (κ2) is 13.4. The zero-order valence-corrected chi connectivity index (χ0v) is 32.0. The molecule has 0 radical (unpaired) electrons. The summed E-state index contributed by atoms with van der Waals surface area (Å²) >= 11 is 0. The predicted octanol–water partition coefficient (Wildman–Crippen LogP) is 16.3. The topological polar surface area (TPSA) is 29.5 Å². The van der Waals surface area contributed by atoms with Crippen molar-refractivity contribution in [2.45, 2.75) is 0 Å². The first-order valence-corrected chi connectivity index (χ1v) is 20.1. The van der Waals surface area contributed by atoms with Crippen molar-refractivity contribution in [3.63, 3.8) is 0 Å². The Labute approximate surface area is 340 Å². The van der Waals surface area contributed by atoms with Crippen LogP contribution in [0.4, 0.5) is 17.1 Å². The molecule has 0 fully saturated rings. The molecule has 0 atom stereocenters. The van der Waals surface area contributed by atoms with Gasteiger partial charge < -0.3 is 13.7 Å². The van der Waals surface area contributed by atoms with Crippen molar-refractivity contribution >= 4 is 82.5 Å². The van der Waals surface area contributed by atoms with Crippen LogP contribution in [0.1, 0.15) is 0 Å². The molecule has 2 aromatic heterocycles. The van der Waals surface area contributed by atoms with E-state index in [4.69, 9.17) is 8.83 Å². The average molecular weight is 754 g/mol. The quantitative estimate of drug-likeness (QED) is 0.169. The Bertz CT molecular complexity index is 3550. The lowest BCUT2D eigenvalue weighted by Gasteiger charge is -2.26. The summed E-state index contributed by atoms with van der Waals surface area (Å²) in [6.45, 7) is 0. The third-order valence-electron chi connectivity index (χ3n) is 11.8. The summed E-state index contributed by atoms with van der Waals surface area (Å²) in [6, 6.07) is 75.8. The molecule has 0 aliphatic rings. The van der Waals surface area contributed by atoms with Crippen molar-refractivity contribution in [3.05, 3.63) is 212 Å². The summed E-state index contributed by atoms with van der Waals surface area (Å²) in [7, 11) is 0. The largest absolute Gasteiger partial charge is 0.456 e. The van der Waals surface area contributed by atoms with E-state index in [0.29, 0.717) is 0 Å². The van der Waals surface area contributed by atoms with E-state index in [-0.39, 0.29) is 0 Å². The first-order chi connectivity index (χ1) is 29.2. The fourth-order valence-electron chi connectivity index (χ4n) is 8.93. The highest BCUT2D eigenvalue weighted by Crippen LogP contribution is 2.42. The number of para-hydroxylation sites is 1. The lowest BCUT2D eigenvalue weighted by molar-refractivity contribution is 0.669. The summed E-state index contributed by atoms with van der Waals surface area (Å²) in [6.07, 6.45) is 0. The van der Waals surface area contributed by atoms with Crippen LogP contribution in [0.2, 0.25) is 0 Å². The van der Waals surface area contributed by atoms with Crippen LogP contribution in [0.15, 0.2) is 221 Å². The average Bonchev–Trinajstić information content (AvgIpc) is 3.88. The van der Waals surface area contributed by atoms with Gasteiger partial charge >= 0.3 is 0 Å². The van der Waals surface area contributed by atoms with Crippen LogP contribution in [0.3, 0.4) is 0 Å². The smallest absolute Gasteiger partial charge is 0.143 e. The summed E-state index contributed by atoms with van der Waals surface area (Å²) in [5.41, 5.74) is 13.7. The van der Waals surface area contributed by atoms with Gasteiger partial charge in [0.1, 0.15) is 22.3 Å². The Morgan fingerprint density at radius 3 is 1.73 bits per heavy atom. The molecular weight excluding hydrogens is 719 g/mol.